The van der Waals surface area contributed by atoms with Crippen LogP contribution in [0.1, 0.15) is 23.7 Å². The molecule has 1 aromatic carbocycles. The summed E-state index contributed by atoms with van der Waals surface area (Å²) in [6.07, 6.45) is 2.01. The van der Waals surface area contributed by atoms with Crippen LogP contribution in [-0.2, 0) is 14.8 Å². The molecule has 0 aliphatic rings. The predicted octanol–water partition coefficient (Wildman–Crippen LogP) is 1.37. The third-order valence-electron chi connectivity index (χ3n) is 2.78. The van der Waals surface area contributed by atoms with Crippen molar-refractivity contribution in [2.24, 2.45) is 0 Å². The minimum atomic E-state index is -3.93. The lowest BCUT2D eigenvalue weighted by Gasteiger charge is -2.14. The monoisotopic (exact) mass is 331 g/mol. The summed E-state index contributed by atoms with van der Waals surface area (Å²) < 4.78 is 26.4. The van der Waals surface area contributed by atoms with Gasteiger partial charge in [0.2, 0.25) is 10.0 Å². The van der Waals surface area contributed by atoms with Gasteiger partial charge in [0, 0.05) is 5.56 Å². The van der Waals surface area contributed by atoms with Crippen molar-refractivity contribution in [3.63, 3.8) is 0 Å². The fraction of sp³-hybridized carbons (Fsp3) is 0.385. The summed E-state index contributed by atoms with van der Waals surface area (Å²) in [7, 11) is -3.93. The van der Waals surface area contributed by atoms with Gasteiger partial charge >= 0.3 is 5.97 Å². The van der Waals surface area contributed by atoms with Gasteiger partial charge in [-0.15, -0.1) is 0 Å². The highest BCUT2D eigenvalue weighted by Crippen LogP contribution is 2.13. The molecule has 0 fully saturated rings. The van der Waals surface area contributed by atoms with Crippen molar-refractivity contribution in [2.75, 3.05) is 12.0 Å². The summed E-state index contributed by atoms with van der Waals surface area (Å²) >= 11 is 1.44. The van der Waals surface area contributed by atoms with Crippen molar-refractivity contribution in [2.45, 2.75) is 24.3 Å². The molecular formula is C13H17NO5S2. The van der Waals surface area contributed by atoms with Crippen LogP contribution in [0.2, 0.25) is 0 Å². The van der Waals surface area contributed by atoms with Gasteiger partial charge in [0.1, 0.15) is 6.04 Å². The zero-order chi connectivity index (χ0) is 16.0. The molecule has 8 heteroatoms. The molecule has 2 N–H and O–H groups in total. The van der Waals surface area contributed by atoms with E-state index in [9.17, 15) is 18.0 Å². The van der Waals surface area contributed by atoms with E-state index in [4.69, 9.17) is 5.11 Å². The molecule has 0 saturated heterocycles. The van der Waals surface area contributed by atoms with Crippen molar-refractivity contribution < 1.29 is 23.1 Å². The number of ketones is 1. The lowest BCUT2D eigenvalue weighted by Crippen LogP contribution is -2.41. The van der Waals surface area contributed by atoms with Crippen LogP contribution in [0.25, 0.3) is 0 Å². The Labute approximate surface area is 128 Å². The number of sulfonamides is 1. The molecule has 0 saturated carbocycles. The van der Waals surface area contributed by atoms with E-state index in [-0.39, 0.29) is 17.1 Å². The molecular weight excluding hydrogens is 314 g/mol. The zero-order valence-electron chi connectivity index (χ0n) is 11.7. The Morgan fingerprint density at radius 3 is 2.29 bits per heavy atom. The molecule has 0 heterocycles. The number of hydrogen-bond acceptors (Lipinski definition) is 5. The quantitative estimate of drug-likeness (QED) is 0.698. The molecule has 1 rings (SSSR count). The molecule has 0 bridgehead atoms. The standard InChI is InChI=1S/C13H17NO5S2/c1-9(15)10-3-5-11(6-4-10)21(18,19)14-12(13(16)17)7-8-20-2/h3-6,12,14H,7-8H2,1-2H3,(H,16,17)/t12-/m1/s1. The third kappa shape index (κ3) is 5.14. The maximum atomic E-state index is 12.1. The Morgan fingerprint density at radius 2 is 1.86 bits per heavy atom. The first-order valence-corrected chi connectivity index (χ1v) is 9.00. The van der Waals surface area contributed by atoms with Gasteiger partial charge in [-0.2, -0.15) is 16.5 Å². The summed E-state index contributed by atoms with van der Waals surface area (Å²) in [6.45, 7) is 1.38. The number of carboxylic acid groups (broad SMARTS) is 1. The minimum absolute atomic E-state index is 0.0668. The highest BCUT2D eigenvalue weighted by atomic mass is 32.2. The predicted molar refractivity (Wildman–Crippen MR) is 81.2 cm³/mol. The van der Waals surface area contributed by atoms with Gasteiger partial charge in [-0.1, -0.05) is 12.1 Å². The van der Waals surface area contributed by atoms with E-state index in [1.165, 1.54) is 43.0 Å². The highest BCUT2D eigenvalue weighted by Gasteiger charge is 2.25. The van der Waals surface area contributed by atoms with Gasteiger partial charge in [0.25, 0.3) is 0 Å². The van der Waals surface area contributed by atoms with Crippen LogP contribution in [-0.4, -0.2) is 43.3 Å². The molecule has 1 atom stereocenters. The maximum absolute atomic E-state index is 12.1. The number of carboxylic acids is 1. The molecule has 21 heavy (non-hydrogen) atoms. The first-order chi connectivity index (χ1) is 9.77. The summed E-state index contributed by atoms with van der Waals surface area (Å²) in [6, 6.07) is 4.19. The number of hydrogen-bond donors (Lipinski definition) is 2. The largest absolute Gasteiger partial charge is 0.480 e. The van der Waals surface area contributed by atoms with E-state index >= 15 is 0 Å². The Kier molecular flexibility index (Phi) is 6.38. The number of aliphatic carboxylic acids is 1. The van der Waals surface area contributed by atoms with E-state index in [1.54, 1.807) is 0 Å². The number of Topliss-reactive ketones (excluding diaryl/α,β-unsaturated/α-hetero) is 1. The Hall–Kier alpha value is -1.38. The number of rotatable bonds is 8. The van der Waals surface area contributed by atoms with Crippen LogP contribution >= 0.6 is 11.8 Å². The summed E-state index contributed by atoms with van der Waals surface area (Å²) in [4.78, 5) is 22.2. The molecule has 116 valence electrons. The first kappa shape index (κ1) is 17.7. The van der Waals surface area contributed by atoms with Gasteiger partial charge < -0.3 is 5.11 Å². The van der Waals surface area contributed by atoms with Gasteiger partial charge in [0.05, 0.1) is 4.90 Å². The van der Waals surface area contributed by atoms with Crippen molar-refractivity contribution in [1.82, 2.24) is 4.72 Å². The van der Waals surface area contributed by atoms with Gasteiger partial charge in [-0.3, -0.25) is 9.59 Å². The maximum Gasteiger partial charge on any atom is 0.321 e. The van der Waals surface area contributed by atoms with Crippen molar-refractivity contribution in [1.29, 1.82) is 0 Å². The van der Waals surface area contributed by atoms with E-state index in [0.717, 1.165) is 0 Å². The lowest BCUT2D eigenvalue weighted by molar-refractivity contribution is -0.139. The van der Waals surface area contributed by atoms with Crippen LogP contribution in [0.5, 0.6) is 0 Å². The van der Waals surface area contributed by atoms with Gasteiger partial charge in [0.15, 0.2) is 5.78 Å². The summed E-state index contributed by atoms with van der Waals surface area (Å²) in [5.74, 6) is -0.855. The number of thioether (sulfide) groups is 1. The summed E-state index contributed by atoms with van der Waals surface area (Å²) in [5, 5.41) is 9.05. The third-order valence-corrected chi connectivity index (χ3v) is 4.91. The van der Waals surface area contributed by atoms with Crippen LogP contribution in [0.4, 0.5) is 0 Å². The molecule has 6 nitrogen and oxygen atoms in total. The summed E-state index contributed by atoms with van der Waals surface area (Å²) in [5.41, 5.74) is 0.395. The van der Waals surface area contributed by atoms with Crippen molar-refractivity contribution >= 4 is 33.5 Å². The molecule has 0 aliphatic heterocycles. The Balaban J connectivity index is 2.93. The average Bonchev–Trinajstić information content (AvgIpc) is 2.43. The Bertz CT molecular complexity index is 610. The fourth-order valence-electron chi connectivity index (χ4n) is 1.59. The second-order valence-electron chi connectivity index (χ2n) is 4.37. The lowest BCUT2D eigenvalue weighted by atomic mass is 10.2. The molecule has 0 amide bonds. The van der Waals surface area contributed by atoms with Crippen LogP contribution < -0.4 is 4.72 Å². The van der Waals surface area contributed by atoms with Crippen LogP contribution in [0.15, 0.2) is 29.2 Å². The van der Waals surface area contributed by atoms with Crippen LogP contribution in [0.3, 0.4) is 0 Å². The highest BCUT2D eigenvalue weighted by molar-refractivity contribution is 7.98. The number of carbonyl (C=O) groups is 2. The fourth-order valence-corrected chi connectivity index (χ4v) is 3.29. The number of benzene rings is 1. The zero-order valence-corrected chi connectivity index (χ0v) is 13.3. The molecule has 0 unspecified atom stereocenters. The second-order valence-corrected chi connectivity index (χ2v) is 7.07. The average molecular weight is 331 g/mol. The molecule has 0 aliphatic carbocycles. The normalized spacial score (nSPS) is 12.9. The molecule has 0 spiro atoms. The number of nitrogens with one attached hydrogen (secondary N) is 1. The Morgan fingerprint density at radius 1 is 1.29 bits per heavy atom. The number of carbonyl (C=O) groups excluding carboxylic acids is 1. The first-order valence-electron chi connectivity index (χ1n) is 6.13. The molecule has 0 radical (unpaired) electrons. The van der Waals surface area contributed by atoms with E-state index in [2.05, 4.69) is 4.72 Å². The van der Waals surface area contributed by atoms with E-state index < -0.39 is 22.0 Å². The molecule has 1 aromatic rings. The van der Waals surface area contributed by atoms with Gasteiger partial charge in [-0.05, 0) is 37.5 Å². The smallest absolute Gasteiger partial charge is 0.321 e. The minimum Gasteiger partial charge on any atom is -0.480 e. The SMILES string of the molecule is CSCC[C@@H](NS(=O)(=O)c1ccc(C(C)=O)cc1)C(=O)O. The van der Waals surface area contributed by atoms with Crippen molar-refractivity contribution in [3.05, 3.63) is 29.8 Å². The van der Waals surface area contributed by atoms with E-state index in [0.29, 0.717) is 11.3 Å². The van der Waals surface area contributed by atoms with Gasteiger partial charge in [-0.25, -0.2) is 8.42 Å². The van der Waals surface area contributed by atoms with Crippen LogP contribution in [0, 0.1) is 0 Å². The molecule has 0 aromatic heterocycles. The second kappa shape index (κ2) is 7.58. The van der Waals surface area contributed by atoms with E-state index in [1.807, 2.05) is 6.26 Å². The van der Waals surface area contributed by atoms with Crippen molar-refractivity contribution in [3.8, 4) is 0 Å². The topological polar surface area (TPSA) is 101 Å².